The predicted molar refractivity (Wildman–Crippen MR) is 104 cm³/mol. The van der Waals surface area contributed by atoms with Crippen LogP contribution in [-0.4, -0.2) is 11.8 Å². The highest BCUT2D eigenvalue weighted by atomic mass is 16.2. The Morgan fingerprint density at radius 3 is 2.68 bits per heavy atom. The fourth-order valence-corrected chi connectivity index (χ4v) is 3.19. The summed E-state index contributed by atoms with van der Waals surface area (Å²) in [6, 6.07) is 3.93. The van der Waals surface area contributed by atoms with Crippen molar-refractivity contribution in [2.24, 2.45) is 0 Å². The minimum atomic E-state index is -0.0636. The van der Waals surface area contributed by atoms with E-state index in [1.807, 2.05) is 38.1 Å². The normalized spacial score (nSPS) is 14.8. The Labute approximate surface area is 150 Å². The molecule has 0 atom stereocenters. The number of benzene rings is 1. The molecule has 1 aliphatic rings. The van der Waals surface area contributed by atoms with Gasteiger partial charge >= 0.3 is 0 Å². The molecular weight excluding hydrogens is 312 g/mol. The molecule has 2 rings (SSSR count). The van der Waals surface area contributed by atoms with Crippen LogP contribution in [0.25, 0.3) is 0 Å². The lowest BCUT2D eigenvalue weighted by atomic mass is 9.98. The average molecular weight is 340 g/mol. The summed E-state index contributed by atoms with van der Waals surface area (Å²) in [5.41, 5.74) is 5.63. The molecule has 4 nitrogen and oxygen atoms in total. The number of aryl methyl sites for hydroxylation is 2. The highest BCUT2D eigenvalue weighted by molar-refractivity contribution is 6.07. The fraction of sp³-hybridized carbons (Fsp3) is 0.429. The smallest absolute Gasteiger partial charge is 0.255 e. The molecule has 25 heavy (non-hydrogen) atoms. The van der Waals surface area contributed by atoms with Crippen molar-refractivity contribution in [3.63, 3.8) is 0 Å². The van der Waals surface area contributed by atoms with Gasteiger partial charge < -0.3 is 10.6 Å². The van der Waals surface area contributed by atoms with E-state index in [-0.39, 0.29) is 11.8 Å². The van der Waals surface area contributed by atoms with Gasteiger partial charge in [0.15, 0.2) is 0 Å². The van der Waals surface area contributed by atoms with Crippen LogP contribution in [0.4, 0.5) is 11.4 Å². The first-order valence-electron chi connectivity index (χ1n) is 9.09. The molecule has 1 aliphatic heterocycles. The largest absolute Gasteiger partial charge is 0.326 e. The molecule has 0 fully saturated rings. The van der Waals surface area contributed by atoms with Crippen LogP contribution in [0.15, 0.2) is 35.4 Å². The number of hydrogen-bond acceptors (Lipinski definition) is 2. The van der Waals surface area contributed by atoms with Gasteiger partial charge in [0.2, 0.25) is 5.91 Å². The monoisotopic (exact) mass is 340 g/mol. The van der Waals surface area contributed by atoms with E-state index in [1.54, 1.807) is 0 Å². The topological polar surface area (TPSA) is 58.2 Å². The molecule has 2 amide bonds. The van der Waals surface area contributed by atoms with E-state index < -0.39 is 0 Å². The maximum atomic E-state index is 12.9. The molecule has 0 bridgehead atoms. The number of amides is 2. The number of anilines is 2. The second-order valence-electron chi connectivity index (χ2n) is 6.45. The van der Waals surface area contributed by atoms with Gasteiger partial charge in [0, 0.05) is 23.4 Å². The number of carbonyl (C=O) groups is 2. The van der Waals surface area contributed by atoms with Crippen molar-refractivity contribution >= 4 is 23.2 Å². The maximum absolute atomic E-state index is 12.9. The third kappa shape index (κ3) is 4.59. The van der Waals surface area contributed by atoms with Crippen molar-refractivity contribution in [1.82, 2.24) is 0 Å². The molecule has 134 valence electrons. The zero-order valence-corrected chi connectivity index (χ0v) is 15.7. The van der Waals surface area contributed by atoms with E-state index >= 15 is 0 Å². The highest BCUT2D eigenvalue weighted by Crippen LogP contribution is 2.29. The van der Waals surface area contributed by atoms with Gasteiger partial charge in [0.25, 0.3) is 5.91 Å². The van der Waals surface area contributed by atoms with E-state index in [0.29, 0.717) is 12.8 Å². The van der Waals surface area contributed by atoms with E-state index in [2.05, 4.69) is 24.5 Å². The van der Waals surface area contributed by atoms with Gasteiger partial charge in [-0.05, 0) is 56.4 Å². The summed E-state index contributed by atoms with van der Waals surface area (Å²) in [6.07, 6.45) is 7.83. The average Bonchev–Trinajstić information content (AvgIpc) is 2.58. The van der Waals surface area contributed by atoms with Gasteiger partial charge in [0.1, 0.15) is 0 Å². The lowest BCUT2D eigenvalue weighted by molar-refractivity contribution is -0.116. The van der Waals surface area contributed by atoms with Crippen molar-refractivity contribution in [3.8, 4) is 0 Å². The Morgan fingerprint density at radius 1 is 1.28 bits per heavy atom. The summed E-state index contributed by atoms with van der Waals surface area (Å²) >= 11 is 0. The van der Waals surface area contributed by atoms with E-state index in [0.717, 1.165) is 47.3 Å². The Hall–Kier alpha value is -2.36. The van der Waals surface area contributed by atoms with Crippen LogP contribution in [0.3, 0.4) is 0 Å². The third-order valence-corrected chi connectivity index (χ3v) is 4.53. The van der Waals surface area contributed by atoms with Crippen LogP contribution in [0.2, 0.25) is 0 Å². The van der Waals surface area contributed by atoms with Crippen LogP contribution in [0.5, 0.6) is 0 Å². The summed E-state index contributed by atoms with van der Waals surface area (Å²) < 4.78 is 0. The number of allylic oxidation sites excluding steroid dienone is 2. The summed E-state index contributed by atoms with van der Waals surface area (Å²) in [5, 5.41) is 5.97. The number of carbonyl (C=O) groups excluding carboxylic acids is 2. The third-order valence-electron chi connectivity index (χ3n) is 4.53. The molecule has 0 saturated carbocycles. The van der Waals surface area contributed by atoms with Gasteiger partial charge in [-0.25, -0.2) is 0 Å². The second kappa shape index (κ2) is 8.65. The van der Waals surface area contributed by atoms with Gasteiger partial charge in [-0.15, -0.1) is 0 Å². The highest BCUT2D eigenvalue weighted by Gasteiger charge is 2.18. The first kappa shape index (κ1) is 19.0. The van der Waals surface area contributed by atoms with Crippen molar-refractivity contribution in [2.45, 2.75) is 59.8 Å². The number of hydrogen-bond donors (Lipinski definition) is 2. The van der Waals surface area contributed by atoms with Crippen molar-refractivity contribution < 1.29 is 9.59 Å². The van der Waals surface area contributed by atoms with E-state index in [4.69, 9.17) is 0 Å². The van der Waals surface area contributed by atoms with Gasteiger partial charge in [0.05, 0.1) is 0 Å². The fourth-order valence-electron chi connectivity index (χ4n) is 3.19. The molecule has 0 aromatic heterocycles. The Bertz CT molecular complexity index is 730. The molecule has 1 aromatic carbocycles. The van der Waals surface area contributed by atoms with Crippen LogP contribution in [0, 0.1) is 6.92 Å². The lowest BCUT2D eigenvalue weighted by Crippen LogP contribution is -2.20. The summed E-state index contributed by atoms with van der Waals surface area (Å²) in [5.74, 6) is -0.0135. The van der Waals surface area contributed by atoms with Gasteiger partial charge in [-0.1, -0.05) is 38.0 Å². The standard InChI is InChI=1S/C21H28N2O2/c1-5-8-15(7-3)17(9-6-2)21(25)23-18-13-16-10-11-20(24)22-19(16)12-14(18)4/h6,9,12-13H,5,7-8,10-11H2,1-4H3,(H,22,24)(H,23,25)/b9-6-,17-15+. The summed E-state index contributed by atoms with van der Waals surface area (Å²) in [7, 11) is 0. The number of rotatable bonds is 6. The van der Waals surface area contributed by atoms with Crippen LogP contribution >= 0.6 is 0 Å². The Morgan fingerprint density at radius 2 is 2.04 bits per heavy atom. The molecule has 0 spiro atoms. The van der Waals surface area contributed by atoms with Crippen LogP contribution < -0.4 is 10.6 Å². The first-order chi connectivity index (χ1) is 12.0. The Kier molecular flexibility index (Phi) is 6.57. The van der Waals surface area contributed by atoms with Crippen molar-refractivity contribution in [3.05, 3.63) is 46.6 Å². The maximum Gasteiger partial charge on any atom is 0.255 e. The van der Waals surface area contributed by atoms with Gasteiger partial charge in [-0.2, -0.15) is 0 Å². The van der Waals surface area contributed by atoms with Crippen LogP contribution in [0.1, 0.15) is 57.6 Å². The Balaban J connectivity index is 2.31. The molecule has 2 N–H and O–H groups in total. The molecule has 0 aliphatic carbocycles. The van der Waals surface area contributed by atoms with Crippen molar-refractivity contribution in [1.29, 1.82) is 0 Å². The van der Waals surface area contributed by atoms with E-state index in [1.165, 1.54) is 5.57 Å². The SMILES string of the molecule is C/C=C\C(C(=O)Nc1cc2c(cc1C)NC(=O)CC2)=C(\CC)CCC. The molecule has 0 radical (unpaired) electrons. The number of fused-ring (bicyclic) bond motifs is 1. The molecule has 1 aromatic rings. The van der Waals surface area contributed by atoms with Crippen molar-refractivity contribution in [2.75, 3.05) is 10.6 Å². The minimum absolute atomic E-state index is 0.0501. The molecule has 0 unspecified atom stereocenters. The zero-order valence-electron chi connectivity index (χ0n) is 15.7. The van der Waals surface area contributed by atoms with Crippen LogP contribution in [-0.2, 0) is 16.0 Å². The molecule has 1 heterocycles. The first-order valence-corrected chi connectivity index (χ1v) is 9.09. The number of nitrogens with one attached hydrogen (secondary N) is 2. The van der Waals surface area contributed by atoms with E-state index in [9.17, 15) is 9.59 Å². The molecule has 4 heteroatoms. The van der Waals surface area contributed by atoms with Gasteiger partial charge in [-0.3, -0.25) is 9.59 Å². The minimum Gasteiger partial charge on any atom is -0.326 e. The second-order valence-corrected chi connectivity index (χ2v) is 6.45. The molecular formula is C21H28N2O2. The molecule has 0 saturated heterocycles. The quantitative estimate of drug-likeness (QED) is 0.571. The summed E-state index contributed by atoms with van der Waals surface area (Å²) in [6.45, 7) is 8.10. The zero-order chi connectivity index (χ0) is 18.4. The predicted octanol–water partition coefficient (Wildman–Crippen LogP) is 4.90. The lowest BCUT2D eigenvalue weighted by Gasteiger charge is -2.20. The summed E-state index contributed by atoms with van der Waals surface area (Å²) in [4.78, 5) is 24.4.